The highest BCUT2D eigenvalue weighted by molar-refractivity contribution is 4.99. The second-order valence-corrected chi connectivity index (χ2v) is 8.33. The van der Waals surface area contributed by atoms with Crippen molar-refractivity contribution in [3.8, 4) is 0 Å². The molecule has 112 valence electrons. The Hall–Kier alpha value is -0.0400. The van der Waals surface area contributed by atoms with Crippen LogP contribution in [0.5, 0.6) is 0 Å². The van der Waals surface area contributed by atoms with Gasteiger partial charge in [0.05, 0.1) is 0 Å². The van der Waals surface area contributed by atoms with Gasteiger partial charge in [-0.05, 0) is 76.5 Å². The zero-order valence-corrected chi connectivity index (χ0v) is 13.7. The van der Waals surface area contributed by atoms with E-state index < -0.39 is 0 Å². The van der Waals surface area contributed by atoms with Crippen LogP contribution in [-0.4, -0.2) is 12.1 Å². The van der Waals surface area contributed by atoms with E-state index in [1.807, 2.05) is 0 Å². The molecule has 19 heavy (non-hydrogen) atoms. The van der Waals surface area contributed by atoms with Gasteiger partial charge in [-0.2, -0.15) is 0 Å². The molecule has 0 unspecified atom stereocenters. The van der Waals surface area contributed by atoms with Gasteiger partial charge >= 0.3 is 0 Å². The maximum absolute atomic E-state index is 3.81. The van der Waals surface area contributed by atoms with Crippen LogP contribution in [0, 0.1) is 17.3 Å². The van der Waals surface area contributed by atoms with E-state index in [4.69, 9.17) is 0 Å². The van der Waals surface area contributed by atoms with Gasteiger partial charge in [-0.1, -0.05) is 26.2 Å². The molecule has 0 aromatic rings. The third kappa shape index (κ3) is 4.48. The number of rotatable bonds is 6. The molecule has 0 aromatic heterocycles. The fourth-order valence-corrected chi connectivity index (χ4v) is 3.90. The fourth-order valence-electron chi connectivity index (χ4n) is 3.90. The molecule has 2 saturated carbocycles. The maximum Gasteiger partial charge on any atom is 0.00967 e. The molecule has 0 atom stereocenters. The van der Waals surface area contributed by atoms with Gasteiger partial charge in [-0.3, -0.25) is 0 Å². The summed E-state index contributed by atoms with van der Waals surface area (Å²) in [6, 6.07) is 0. The summed E-state index contributed by atoms with van der Waals surface area (Å²) in [5.74, 6) is 2.09. The highest BCUT2D eigenvalue weighted by atomic mass is 15.0. The molecule has 1 nitrogen and oxygen atoms in total. The smallest absolute Gasteiger partial charge is 0.00967 e. The first-order valence-electron chi connectivity index (χ1n) is 8.70. The molecule has 0 bridgehead atoms. The summed E-state index contributed by atoms with van der Waals surface area (Å²) in [7, 11) is 0. The summed E-state index contributed by atoms with van der Waals surface area (Å²) in [6.45, 7) is 10.5. The van der Waals surface area contributed by atoms with Crippen molar-refractivity contribution in [2.75, 3.05) is 6.54 Å². The molecule has 2 aliphatic carbocycles. The average Bonchev–Trinajstić information content (AvgIpc) is 3.19. The lowest BCUT2D eigenvalue weighted by atomic mass is 9.66. The van der Waals surface area contributed by atoms with Crippen molar-refractivity contribution in [2.24, 2.45) is 17.3 Å². The van der Waals surface area contributed by atoms with E-state index in [1.165, 1.54) is 64.3 Å². The molecule has 0 heterocycles. The lowest BCUT2D eigenvalue weighted by Crippen LogP contribution is -2.46. The van der Waals surface area contributed by atoms with Gasteiger partial charge in [0.2, 0.25) is 0 Å². The Kier molecular flexibility index (Phi) is 4.98. The van der Waals surface area contributed by atoms with Crippen LogP contribution in [-0.2, 0) is 0 Å². The summed E-state index contributed by atoms with van der Waals surface area (Å²) in [6.07, 6.45) is 13.3. The molecule has 0 aromatic carbocycles. The highest BCUT2D eigenvalue weighted by Gasteiger charge is 2.46. The molecule has 0 aliphatic heterocycles. The number of hydrogen-bond acceptors (Lipinski definition) is 1. The van der Waals surface area contributed by atoms with Crippen LogP contribution >= 0.6 is 0 Å². The van der Waals surface area contributed by atoms with Crippen LogP contribution in [0.25, 0.3) is 0 Å². The van der Waals surface area contributed by atoms with E-state index >= 15 is 0 Å². The molecule has 1 heteroatoms. The molecule has 2 aliphatic rings. The largest absolute Gasteiger partial charge is 0.312 e. The van der Waals surface area contributed by atoms with Crippen LogP contribution in [0.3, 0.4) is 0 Å². The first-order chi connectivity index (χ1) is 8.95. The predicted molar refractivity (Wildman–Crippen MR) is 84.4 cm³/mol. The van der Waals surface area contributed by atoms with E-state index in [1.54, 1.807) is 0 Å². The SMILES string of the molecule is CCCCC1CCC(CNC(C)(C)C)(C2CC2)CC1. The van der Waals surface area contributed by atoms with Crippen molar-refractivity contribution in [3.63, 3.8) is 0 Å². The Balaban J connectivity index is 1.85. The Morgan fingerprint density at radius 2 is 1.68 bits per heavy atom. The monoisotopic (exact) mass is 265 g/mol. The molecule has 1 N–H and O–H groups in total. The molecule has 0 saturated heterocycles. The van der Waals surface area contributed by atoms with Gasteiger partial charge in [-0.15, -0.1) is 0 Å². The van der Waals surface area contributed by atoms with Crippen molar-refractivity contribution >= 4 is 0 Å². The molecule has 0 spiro atoms. The third-order valence-electron chi connectivity index (χ3n) is 5.48. The molecule has 2 fully saturated rings. The lowest BCUT2D eigenvalue weighted by molar-refractivity contribution is 0.104. The minimum atomic E-state index is 0.279. The van der Waals surface area contributed by atoms with Crippen molar-refractivity contribution in [3.05, 3.63) is 0 Å². The standard InChI is InChI=1S/C18H35N/c1-5-6-7-15-10-12-18(13-11-15,16-8-9-16)14-19-17(2,3)4/h15-16,19H,5-14H2,1-4H3. The van der Waals surface area contributed by atoms with E-state index in [0.717, 1.165) is 11.8 Å². The van der Waals surface area contributed by atoms with Gasteiger partial charge in [0.15, 0.2) is 0 Å². The molecule has 0 radical (unpaired) electrons. The maximum atomic E-state index is 3.81. The van der Waals surface area contributed by atoms with Crippen LogP contribution in [0.4, 0.5) is 0 Å². The quantitative estimate of drug-likeness (QED) is 0.700. The topological polar surface area (TPSA) is 12.0 Å². The van der Waals surface area contributed by atoms with Crippen molar-refractivity contribution in [1.29, 1.82) is 0 Å². The molecule has 0 amide bonds. The first kappa shape index (κ1) is 15.4. The Morgan fingerprint density at radius 1 is 1.05 bits per heavy atom. The van der Waals surface area contributed by atoms with Gasteiger partial charge in [0.1, 0.15) is 0 Å². The van der Waals surface area contributed by atoms with Gasteiger partial charge in [0, 0.05) is 12.1 Å². The Bertz CT molecular complexity index is 264. The van der Waals surface area contributed by atoms with Crippen LogP contribution in [0.2, 0.25) is 0 Å². The minimum absolute atomic E-state index is 0.279. The fraction of sp³-hybridized carbons (Fsp3) is 1.00. The predicted octanol–water partition coefficient (Wildman–Crippen LogP) is 5.15. The Morgan fingerprint density at radius 3 is 2.16 bits per heavy atom. The summed E-state index contributed by atoms with van der Waals surface area (Å²) in [4.78, 5) is 0. The van der Waals surface area contributed by atoms with Crippen molar-refractivity contribution < 1.29 is 0 Å². The van der Waals surface area contributed by atoms with Gasteiger partial charge < -0.3 is 5.32 Å². The molecule has 2 rings (SSSR count). The van der Waals surface area contributed by atoms with Gasteiger partial charge in [0.25, 0.3) is 0 Å². The van der Waals surface area contributed by atoms with E-state index in [0.29, 0.717) is 5.41 Å². The molecular formula is C18H35N. The summed E-state index contributed by atoms with van der Waals surface area (Å²) in [5, 5.41) is 3.81. The normalized spacial score (nSPS) is 32.5. The van der Waals surface area contributed by atoms with E-state index in [9.17, 15) is 0 Å². The summed E-state index contributed by atoms with van der Waals surface area (Å²) >= 11 is 0. The Labute approximate surface area is 120 Å². The van der Waals surface area contributed by atoms with Crippen LogP contribution in [0.15, 0.2) is 0 Å². The minimum Gasteiger partial charge on any atom is -0.312 e. The summed E-state index contributed by atoms with van der Waals surface area (Å²) < 4.78 is 0. The first-order valence-corrected chi connectivity index (χ1v) is 8.70. The zero-order chi connectivity index (χ0) is 13.9. The second-order valence-electron chi connectivity index (χ2n) is 8.33. The summed E-state index contributed by atoms with van der Waals surface area (Å²) in [5.41, 5.74) is 0.941. The van der Waals surface area contributed by atoms with Crippen molar-refractivity contribution in [1.82, 2.24) is 5.32 Å². The number of hydrogen-bond donors (Lipinski definition) is 1. The van der Waals surface area contributed by atoms with Crippen LogP contribution < -0.4 is 5.32 Å². The average molecular weight is 265 g/mol. The van der Waals surface area contributed by atoms with E-state index in [-0.39, 0.29) is 5.54 Å². The zero-order valence-electron chi connectivity index (χ0n) is 13.7. The lowest BCUT2D eigenvalue weighted by Gasteiger charge is -2.43. The van der Waals surface area contributed by atoms with Crippen molar-refractivity contribution in [2.45, 2.75) is 91.0 Å². The van der Waals surface area contributed by atoms with Crippen LogP contribution in [0.1, 0.15) is 85.5 Å². The molecular weight excluding hydrogens is 230 g/mol. The number of unbranched alkanes of at least 4 members (excludes halogenated alkanes) is 1. The van der Waals surface area contributed by atoms with E-state index in [2.05, 4.69) is 33.0 Å². The third-order valence-corrected chi connectivity index (χ3v) is 5.48. The van der Waals surface area contributed by atoms with Gasteiger partial charge in [-0.25, -0.2) is 0 Å². The number of nitrogens with one attached hydrogen (secondary N) is 1. The highest BCUT2D eigenvalue weighted by Crippen LogP contribution is 2.54. The second kappa shape index (κ2) is 6.16.